The van der Waals surface area contributed by atoms with Crippen LogP contribution in [0.5, 0.6) is 11.9 Å². The summed E-state index contributed by atoms with van der Waals surface area (Å²) < 4.78 is 90.5. The minimum absolute atomic E-state index is 0.0132. The molecule has 2 aromatic rings. The van der Waals surface area contributed by atoms with Gasteiger partial charge in [0.1, 0.15) is 36.1 Å². The number of pyridine rings is 1. The van der Waals surface area contributed by atoms with E-state index in [2.05, 4.69) is 15.0 Å². The molecule has 41 heavy (non-hydrogen) atoms. The van der Waals surface area contributed by atoms with Crippen LogP contribution >= 0.6 is 11.6 Å². The molecule has 2 saturated heterocycles. The van der Waals surface area contributed by atoms with Crippen LogP contribution in [0, 0.1) is 5.82 Å². The molecule has 8 nitrogen and oxygen atoms in total. The zero-order valence-corrected chi connectivity index (χ0v) is 25.5. The van der Waals surface area contributed by atoms with Crippen molar-refractivity contribution in [3.8, 4) is 11.9 Å². The van der Waals surface area contributed by atoms with Gasteiger partial charge in [0.2, 0.25) is 5.88 Å². The Morgan fingerprint density at radius 2 is 1.90 bits per heavy atom. The van der Waals surface area contributed by atoms with Crippen molar-refractivity contribution in [2.75, 3.05) is 44.4 Å². The van der Waals surface area contributed by atoms with Gasteiger partial charge in [0.05, 0.1) is 12.1 Å². The number of alkyl halides is 4. The normalized spacial score (nSPS) is 25.4. The van der Waals surface area contributed by atoms with Crippen molar-refractivity contribution in [2.24, 2.45) is 0 Å². The molecule has 0 saturated carbocycles. The van der Waals surface area contributed by atoms with Crippen LogP contribution in [0.2, 0.25) is 23.3 Å². The molecule has 3 aliphatic heterocycles. The third-order valence-corrected chi connectivity index (χ3v) is 13.7. The largest absolute Gasteiger partial charge is 0.474 e. The number of ether oxygens (including phenoxy) is 2. The van der Waals surface area contributed by atoms with E-state index in [0.29, 0.717) is 13.0 Å². The van der Waals surface area contributed by atoms with E-state index in [0.717, 1.165) is 17.9 Å². The molecule has 0 amide bonds. The van der Waals surface area contributed by atoms with Crippen molar-refractivity contribution in [1.82, 2.24) is 19.9 Å². The van der Waals surface area contributed by atoms with Gasteiger partial charge in [-0.1, -0.05) is 32.4 Å². The summed E-state index contributed by atoms with van der Waals surface area (Å²) in [5, 5.41) is -0.897. The first-order chi connectivity index (χ1) is 19.0. The predicted octanol–water partition coefficient (Wildman–Crippen LogP) is 5.92. The zero-order valence-electron chi connectivity index (χ0n) is 23.7. The Hall–Kier alpha value is -2.03. The van der Waals surface area contributed by atoms with E-state index >= 15 is 4.39 Å². The summed E-state index contributed by atoms with van der Waals surface area (Å²) in [5.41, 5.74) is -0.937. The van der Waals surface area contributed by atoms with E-state index in [1.807, 2.05) is 38.8 Å². The first-order valence-electron chi connectivity index (χ1n) is 13.7. The van der Waals surface area contributed by atoms with E-state index in [9.17, 15) is 17.6 Å². The van der Waals surface area contributed by atoms with Crippen LogP contribution in [0.25, 0.3) is 10.9 Å². The van der Waals surface area contributed by atoms with Crippen LogP contribution in [0.4, 0.5) is 27.8 Å². The lowest BCUT2D eigenvalue weighted by molar-refractivity contribution is -0.154. The maximum absolute atomic E-state index is 15.3. The van der Waals surface area contributed by atoms with Crippen molar-refractivity contribution < 1.29 is 35.9 Å². The molecule has 0 spiro atoms. The molecule has 5 rings (SSSR count). The van der Waals surface area contributed by atoms with Crippen LogP contribution < -0.4 is 14.4 Å². The minimum Gasteiger partial charge on any atom is -0.474 e. The Labute approximate surface area is 241 Å². The summed E-state index contributed by atoms with van der Waals surface area (Å²) in [7, 11) is -2.30. The van der Waals surface area contributed by atoms with Crippen LogP contribution in [0.15, 0.2) is 0 Å². The maximum Gasteiger partial charge on any atom is 0.412 e. The van der Waals surface area contributed by atoms with E-state index in [-0.39, 0.29) is 59.8 Å². The van der Waals surface area contributed by atoms with Crippen molar-refractivity contribution in [2.45, 2.75) is 82.1 Å². The highest BCUT2D eigenvalue weighted by Crippen LogP contribution is 2.44. The molecule has 2 aromatic heterocycles. The molecule has 3 aliphatic rings. The fourth-order valence-electron chi connectivity index (χ4n) is 5.64. The molecule has 2 fully saturated rings. The van der Waals surface area contributed by atoms with Crippen molar-refractivity contribution in [3.63, 3.8) is 0 Å². The number of rotatable bonds is 7. The fraction of sp³-hybridized carbons (Fsp3) is 0.731. The summed E-state index contributed by atoms with van der Waals surface area (Å²) in [4.78, 5) is 15.4. The van der Waals surface area contributed by atoms with E-state index in [1.165, 1.54) is 0 Å². The van der Waals surface area contributed by atoms with Gasteiger partial charge in [-0.2, -0.15) is 28.1 Å². The second kappa shape index (κ2) is 10.6. The summed E-state index contributed by atoms with van der Waals surface area (Å²) >= 11 is 5.99. The smallest absolute Gasteiger partial charge is 0.412 e. The third kappa shape index (κ3) is 5.68. The number of anilines is 1. The third-order valence-electron chi connectivity index (χ3n) is 8.91. The van der Waals surface area contributed by atoms with Crippen LogP contribution in [0.1, 0.15) is 40.0 Å². The van der Waals surface area contributed by atoms with E-state index < -0.39 is 49.8 Å². The topological polar surface area (TPSA) is 72.8 Å². The van der Waals surface area contributed by atoms with Crippen molar-refractivity contribution in [3.05, 3.63) is 11.0 Å². The fourth-order valence-corrected chi connectivity index (χ4v) is 6.85. The minimum atomic E-state index is -4.73. The molecule has 0 N–H and O–H groups in total. The lowest BCUT2D eigenvalue weighted by Crippen LogP contribution is -2.51. The first-order valence-corrected chi connectivity index (χ1v) is 17.0. The van der Waals surface area contributed by atoms with Gasteiger partial charge in [-0.05, 0) is 37.5 Å². The SMILES string of the molecule is CC(C)(C)[Si](C)(C)OCCN1c2nc(OC[C@@]34CCCN3C[C@H](F)C4)nc3c(F)c(Cl)nc(c23)OCC1C(F)(F)F. The highest BCUT2D eigenvalue weighted by atomic mass is 35.5. The highest BCUT2D eigenvalue weighted by Gasteiger charge is 2.50. The second-order valence-electron chi connectivity index (χ2n) is 12.6. The quantitative estimate of drug-likeness (QED) is 0.214. The lowest BCUT2D eigenvalue weighted by Gasteiger charge is -2.38. The number of aromatic nitrogens is 3. The highest BCUT2D eigenvalue weighted by molar-refractivity contribution is 6.74. The molecule has 15 heteroatoms. The lowest BCUT2D eigenvalue weighted by atomic mass is 9.95. The Morgan fingerprint density at radius 3 is 2.59 bits per heavy atom. The summed E-state index contributed by atoms with van der Waals surface area (Å²) in [6.07, 6.45) is -3.91. The average molecular weight is 624 g/mol. The van der Waals surface area contributed by atoms with Gasteiger partial charge in [-0.15, -0.1) is 0 Å². The van der Waals surface area contributed by atoms with Crippen molar-refractivity contribution in [1.29, 1.82) is 0 Å². The Bertz CT molecular complexity index is 1310. The molecular formula is C26H35ClF5N5O3Si. The van der Waals surface area contributed by atoms with Gasteiger partial charge in [0.25, 0.3) is 0 Å². The van der Waals surface area contributed by atoms with Gasteiger partial charge in [0, 0.05) is 19.5 Å². The summed E-state index contributed by atoms with van der Waals surface area (Å²) in [5.74, 6) is -1.57. The monoisotopic (exact) mass is 623 g/mol. The Morgan fingerprint density at radius 1 is 1.17 bits per heavy atom. The zero-order chi connectivity index (χ0) is 30.0. The summed E-state index contributed by atoms with van der Waals surface area (Å²) in [6, 6.07) is -2.47. The van der Waals surface area contributed by atoms with Gasteiger partial charge in [-0.3, -0.25) is 4.90 Å². The number of hydrogen-bond acceptors (Lipinski definition) is 8. The second-order valence-corrected chi connectivity index (χ2v) is 17.8. The Balaban J connectivity index is 1.55. The number of fused-ring (bicyclic) bond motifs is 1. The average Bonchev–Trinajstić information content (AvgIpc) is 3.32. The number of nitrogens with zero attached hydrogens (tertiary/aromatic N) is 5. The molecule has 5 heterocycles. The molecule has 3 atom stereocenters. The van der Waals surface area contributed by atoms with E-state index in [1.54, 1.807) is 0 Å². The maximum atomic E-state index is 15.3. The standard InChI is InChI=1S/C26H35ClF5N5O3Si/c1-24(2,3)41(4,5)40-10-9-37-16(26(30,31)32)13-38-22-17-19(18(29)20(27)34-22)33-23(35-21(17)37)39-14-25-7-6-8-36(25)12-15(28)11-25/h15-16H,6-14H2,1-5H3/t15-,16?,25+/m1/s1. The predicted molar refractivity (Wildman–Crippen MR) is 147 cm³/mol. The van der Waals surface area contributed by atoms with Gasteiger partial charge in [-0.25, -0.2) is 8.78 Å². The molecule has 0 bridgehead atoms. The van der Waals surface area contributed by atoms with Gasteiger partial charge in [0.15, 0.2) is 25.3 Å². The molecular weight excluding hydrogens is 589 g/mol. The molecule has 0 radical (unpaired) electrons. The van der Waals surface area contributed by atoms with E-state index in [4.69, 9.17) is 25.5 Å². The van der Waals surface area contributed by atoms with Crippen LogP contribution in [-0.2, 0) is 4.43 Å². The van der Waals surface area contributed by atoms with Crippen LogP contribution in [-0.4, -0.2) is 91.6 Å². The van der Waals surface area contributed by atoms with Crippen molar-refractivity contribution >= 4 is 36.6 Å². The Kier molecular flexibility index (Phi) is 7.87. The summed E-state index contributed by atoms with van der Waals surface area (Å²) in [6.45, 7) is 10.1. The van der Waals surface area contributed by atoms with Crippen LogP contribution in [0.3, 0.4) is 0 Å². The molecule has 1 unspecified atom stereocenters. The van der Waals surface area contributed by atoms with Gasteiger partial charge < -0.3 is 18.8 Å². The molecule has 0 aliphatic carbocycles. The molecule has 228 valence electrons. The number of halogens is 6. The first kappa shape index (κ1) is 30.4. The van der Waals surface area contributed by atoms with Gasteiger partial charge >= 0.3 is 12.2 Å². The number of hydrogen-bond donors (Lipinski definition) is 0. The molecule has 0 aromatic carbocycles.